The number of nitriles is 1. The van der Waals surface area contributed by atoms with Crippen LogP contribution < -0.4 is 5.32 Å². The van der Waals surface area contributed by atoms with Crippen LogP contribution in [0.5, 0.6) is 0 Å². The number of nitrogens with one attached hydrogen (secondary N) is 1. The van der Waals surface area contributed by atoms with Crippen molar-refractivity contribution in [1.29, 1.82) is 5.26 Å². The molecule has 0 saturated carbocycles. The van der Waals surface area contributed by atoms with Crippen molar-refractivity contribution >= 4 is 17.5 Å². The Hall–Kier alpha value is -1.53. The van der Waals surface area contributed by atoms with Crippen LogP contribution in [0.2, 0.25) is 5.02 Å². The third-order valence-corrected chi connectivity index (χ3v) is 2.62. The molecule has 1 N–H and O–H groups in total. The predicted molar refractivity (Wildman–Crippen MR) is 63.3 cm³/mol. The average Bonchev–Trinajstić information content (AvgIpc) is 2.22. The monoisotopic (exact) mass is 236 g/mol. The molecule has 1 amide bonds. The Morgan fingerprint density at radius 3 is 2.88 bits per heavy atom. The van der Waals surface area contributed by atoms with Crippen LogP contribution in [0.3, 0.4) is 0 Å². The lowest BCUT2D eigenvalue weighted by Gasteiger charge is -2.10. The zero-order chi connectivity index (χ0) is 12.1. The first-order valence-corrected chi connectivity index (χ1v) is 5.36. The number of halogens is 1. The highest BCUT2D eigenvalue weighted by Gasteiger charge is 2.10. The molecule has 1 atom stereocenters. The summed E-state index contributed by atoms with van der Waals surface area (Å²) >= 11 is 5.92. The van der Waals surface area contributed by atoms with E-state index in [4.69, 9.17) is 16.9 Å². The zero-order valence-corrected chi connectivity index (χ0v) is 10.0. The van der Waals surface area contributed by atoms with Gasteiger partial charge in [-0.15, -0.1) is 0 Å². The van der Waals surface area contributed by atoms with Gasteiger partial charge in [0.05, 0.1) is 12.5 Å². The molecule has 3 nitrogen and oxygen atoms in total. The number of rotatable bonds is 3. The maximum atomic E-state index is 11.7. The van der Waals surface area contributed by atoms with Gasteiger partial charge < -0.3 is 5.32 Å². The number of carbonyl (C=O) groups excluding carboxylic acids is 1. The van der Waals surface area contributed by atoms with Crippen LogP contribution in [-0.2, 0) is 0 Å². The Kier molecular flexibility index (Phi) is 4.33. The largest absolute Gasteiger partial charge is 0.349 e. The van der Waals surface area contributed by atoms with Gasteiger partial charge in [0.15, 0.2) is 0 Å². The smallest absolute Gasteiger partial charge is 0.251 e. The first-order valence-electron chi connectivity index (χ1n) is 4.98. The summed E-state index contributed by atoms with van der Waals surface area (Å²) in [5.74, 6) is -0.204. The van der Waals surface area contributed by atoms with Crippen molar-refractivity contribution in [3.8, 4) is 6.07 Å². The van der Waals surface area contributed by atoms with Crippen molar-refractivity contribution in [3.63, 3.8) is 0 Å². The van der Waals surface area contributed by atoms with Crippen molar-refractivity contribution < 1.29 is 4.79 Å². The van der Waals surface area contributed by atoms with Gasteiger partial charge in [0.25, 0.3) is 5.91 Å². The van der Waals surface area contributed by atoms with Gasteiger partial charge in [0.2, 0.25) is 0 Å². The van der Waals surface area contributed by atoms with Crippen molar-refractivity contribution in [3.05, 3.63) is 34.3 Å². The molecule has 0 saturated heterocycles. The lowest BCUT2D eigenvalue weighted by atomic mass is 10.1. The minimum Gasteiger partial charge on any atom is -0.349 e. The molecule has 1 aromatic carbocycles. The Morgan fingerprint density at radius 2 is 2.31 bits per heavy atom. The average molecular weight is 237 g/mol. The molecule has 1 aromatic rings. The van der Waals surface area contributed by atoms with E-state index in [0.717, 1.165) is 5.56 Å². The molecule has 1 rings (SSSR count). The summed E-state index contributed by atoms with van der Waals surface area (Å²) in [5, 5.41) is 11.8. The Balaban J connectivity index is 2.74. The van der Waals surface area contributed by atoms with Crippen LogP contribution in [0, 0.1) is 18.3 Å². The van der Waals surface area contributed by atoms with Crippen molar-refractivity contribution in [1.82, 2.24) is 5.32 Å². The van der Waals surface area contributed by atoms with Crippen LogP contribution >= 0.6 is 11.6 Å². The second-order valence-corrected chi connectivity index (χ2v) is 4.11. The molecular weight excluding hydrogens is 224 g/mol. The first kappa shape index (κ1) is 12.5. The van der Waals surface area contributed by atoms with Gasteiger partial charge in [-0.2, -0.15) is 5.26 Å². The van der Waals surface area contributed by atoms with Crippen LogP contribution in [0.4, 0.5) is 0 Å². The molecular formula is C12H13ClN2O. The molecule has 16 heavy (non-hydrogen) atoms. The van der Waals surface area contributed by atoms with Gasteiger partial charge in [-0.1, -0.05) is 17.7 Å². The fourth-order valence-corrected chi connectivity index (χ4v) is 1.41. The van der Waals surface area contributed by atoms with E-state index < -0.39 is 0 Å². The lowest BCUT2D eigenvalue weighted by molar-refractivity contribution is 0.0941. The van der Waals surface area contributed by atoms with Crippen LogP contribution in [0.25, 0.3) is 0 Å². The fourth-order valence-electron chi connectivity index (χ4n) is 1.23. The molecule has 0 radical (unpaired) electrons. The van der Waals surface area contributed by atoms with E-state index >= 15 is 0 Å². The second-order valence-electron chi connectivity index (χ2n) is 3.70. The summed E-state index contributed by atoms with van der Waals surface area (Å²) in [6.07, 6.45) is 0.297. The maximum absolute atomic E-state index is 11.7. The van der Waals surface area contributed by atoms with Crippen molar-refractivity contribution in [2.24, 2.45) is 0 Å². The van der Waals surface area contributed by atoms with Gasteiger partial charge in [0.1, 0.15) is 0 Å². The second kappa shape index (κ2) is 5.53. The number of hydrogen-bond donors (Lipinski definition) is 1. The molecule has 0 spiro atoms. The van der Waals surface area contributed by atoms with E-state index in [9.17, 15) is 4.79 Å². The van der Waals surface area contributed by atoms with E-state index in [1.54, 1.807) is 25.1 Å². The predicted octanol–water partition coefficient (Wildman–Crippen LogP) is 2.68. The van der Waals surface area contributed by atoms with Gasteiger partial charge in [-0.3, -0.25) is 4.79 Å². The van der Waals surface area contributed by atoms with Crippen LogP contribution in [-0.4, -0.2) is 11.9 Å². The SMILES string of the molecule is Cc1ccc(C(=O)NC(C)CC#N)cc1Cl. The highest BCUT2D eigenvalue weighted by atomic mass is 35.5. The molecule has 0 fully saturated rings. The topological polar surface area (TPSA) is 52.9 Å². The molecule has 0 bridgehead atoms. The molecule has 0 heterocycles. The highest BCUT2D eigenvalue weighted by Crippen LogP contribution is 2.16. The zero-order valence-electron chi connectivity index (χ0n) is 9.25. The van der Waals surface area contributed by atoms with Gasteiger partial charge in [0, 0.05) is 16.6 Å². The van der Waals surface area contributed by atoms with Crippen LogP contribution in [0.15, 0.2) is 18.2 Å². The summed E-state index contributed by atoms with van der Waals surface area (Å²) in [4.78, 5) is 11.7. The normalized spacial score (nSPS) is 11.6. The molecule has 0 aliphatic rings. The Bertz CT molecular complexity index is 437. The van der Waals surface area contributed by atoms with E-state index in [1.165, 1.54) is 0 Å². The van der Waals surface area contributed by atoms with E-state index in [-0.39, 0.29) is 11.9 Å². The summed E-state index contributed by atoms with van der Waals surface area (Å²) in [6, 6.07) is 6.99. The van der Waals surface area contributed by atoms with Crippen molar-refractivity contribution in [2.45, 2.75) is 26.3 Å². The highest BCUT2D eigenvalue weighted by molar-refractivity contribution is 6.31. The standard InChI is InChI=1S/C12H13ClN2O/c1-8-3-4-10(7-11(8)13)12(16)15-9(2)5-6-14/h3-4,7,9H,5H2,1-2H3,(H,15,16). The number of hydrogen-bond acceptors (Lipinski definition) is 2. The molecule has 1 unspecified atom stereocenters. The van der Waals surface area contributed by atoms with E-state index in [1.807, 2.05) is 13.0 Å². The molecule has 0 aromatic heterocycles. The third-order valence-electron chi connectivity index (χ3n) is 2.21. The summed E-state index contributed by atoms with van der Waals surface area (Å²) in [7, 11) is 0. The Morgan fingerprint density at radius 1 is 1.62 bits per heavy atom. The summed E-state index contributed by atoms with van der Waals surface area (Å²) in [6.45, 7) is 3.67. The first-order chi connectivity index (χ1) is 7.54. The minimum absolute atomic E-state index is 0.155. The summed E-state index contributed by atoms with van der Waals surface area (Å²) < 4.78 is 0. The van der Waals surface area contributed by atoms with Crippen LogP contribution in [0.1, 0.15) is 29.3 Å². The van der Waals surface area contributed by atoms with E-state index in [0.29, 0.717) is 17.0 Å². The molecule has 84 valence electrons. The van der Waals surface area contributed by atoms with Gasteiger partial charge in [-0.25, -0.2) is 0 Å². The lowest BCUT2D eigenvalue weighted by Crippen LogP contribution is -2.32. The number of carbonyl (C=O) groups is 1. The molecule has 0 aliphatic heterocycles. The number of amides is 1. The maximum Gasteiger partial charge on any atom is 0.251 e. The molecule has 0 aliphatic carbocycles. The number of benzene rings is 1. The quantitative estimate of drug-likeness (QED) is 0.877. The van der Waals surface area contributed by atoms with Gasteiger partial charge in [-0.05, 0) is 31.5 Å². The summed E-state index contributed by atoms with van der Waals surface area (Å²) in [5.41, 5.74) is 1.45. The number of aryl methyl sites for hydroxylation is 1. The minimum atomic E-state index is -0.204. The van der Waals surface area contributed by atoms with Crippen molar-refractivity contribution in [2.75, 3.05) is 0 Å². The third kappa shape index (κ3) is 3.25. The Labute approximate surface area is 100 Å². The number of nitrogens with zero attached hydrogens (tertiary/aromatic N) is 1. The van der Waals surface area contributed by atoms with E-state index in [2.05, 4.69) is 5.32 Å². The van der Waals surface area contributed by atoms with Gasteiger partial charge >= 0.3 is 0 Å². The molecule has 4 heteroatoms. The fraction of sp³-hybridized carbons (Fsp3) is 0.333.